The zero-order valence-electron chi connectivity index (χ0n) is 8.77. The first-order valence-corrected chi connectivity index (χ1v) is 6.17. The average molecular weight is 250 g/mol. The second kappa shape index (κ2) is 7.36. The molecule has 1 amide bonds. The van der Waals surface area contributed by atoms with E-state index in [0.717, 1.165) is 24.6 Å². The van der Waals surface area contributed by atoms with E-state index in [1.807, 2.05) is 0 Å². The van der Waals surface area contributed by atoms with E-state index in [1.54, 1.807) is 0 Å². The molecule has 0 rings (SSSR count). The van der Waals surface area contributed by atoms with Gasteiger partial charge in [-0.05, 0) is 19.3 Å². The molecule has 0 aromatic rings. The Morgan fingerprint density at radius 1 is 1.23 bits per heavy atom. The summed E-state index contributed by atoms with van der Waals surface area (Å²) in [5, 5.41) is 3.88. The second-order valence-electron chi connectivity index (χ2n) is 3.28. The first kappa shape index (κ1) is 12.9. The molecule has 0 fully saturated rings. The van der Waals surface area contributed by atoms with Gasteiger partial charge in [0.05, 0.1) is 0 Å². The number of alkyl halides is 1. The van der Waals surface area contributed by atoms with Crippen LogP contribution in [0, 0.1) is 5.92 Å². The lowest BCUT2D eigenvalue weighted by Crippen LogP contribution is -2.39. The highest BCUT2D eigenvalue weighted by Crippen LogP contribution is 2.08. The predicted molar refractivity (Wildman–Crippen MR) is 60.1 cm³/mol. The lowest BCUT2D eigenvalue weighted by Gasteiger charge is -2.18. The van der Waals surface area contributed by atoms with Crippen molar-refractivity contribution in [2.75, 3.05) is 5.33 Å². The molecule has 0 radical (unpaired) electrons. The van der Waals surface area contributed by atoms with Crippen molar-refractivity contribution in [3.05, 3.63) is 0 Å². The minimum Gasteiger partial charge on any atom is -0.352 e. The summed E-state index contributed by atoms with van der Waals surface area (Å²) in [4.78, 5) is 11.6. The van der Waals surface area contributed by atoms with Gasteiger partial charge in [-0.2, -0.15) is 0 Å². The lowest BCUT2D eigenvalue weighted by atomic mass is 10.0. The van der Waals surface area contributed by atoms with Crippen LogP contribution in [0.2, 0.25) is 0 Å². The van der Waals surface area contributed by atoms with Crippen molar-refractivity contribution < 1.29 is 4.79 Å². The van der Waals surface area contributed by atoms with E-state index in [2.05, 4.69) is 42.0 Å². The predicted octanol–water partition coefficient (Wildman–Crippen LogP) is 2.71. The maximum absolute atomic E-state index is 11.6. The molecule has 0 aliphatic rings. The van der Waals surface area contributed by atoms with E-state index in [4.69, 9.17) is 0 Å². The molecular formula is C10H20BrNO. The van der Waals surface area contributed by atoms with E-state index in [1.165, 1.54) is 0 Å². The number of hydrogen-bond acceptors (Lipinski definition) is 1. The van der Waals surface area contributed by atoms with Crippen LogP contribution in [0.5, 0.6) is 0 Å². The quantitative estimate of drug-likeness (QED) is 0.721. The summed E-state index contributed by atoms with van der Waals surface area (Å²) in [7, 11) is 0. The van der Waals surface area contributed by atoms with Crippen molar-refractivity contribution in [2.45, 2.75) is 46.1 Å². The minimum absolute atomic E-state index is 0.188. The standard InChI is InChI=1S/C10H20BrNO/c1-4-8(5-2)10(13)12-9(6-3)7-11/h8-9H,4-7H2,1-3H3,(H,12,13). The fourth-order valence-electron chi connectivity index (χ4n) is 1.23. The zero-order chi connectivity index (χ0) is 10.3. The number of carbonyl (C=O) groups excluding carboxylic acids is 1. The van der Waals surface area contributed by atoms with Crippen LogP contribution in [0.15, 0.2) is 0 Å². The number of amides is 1. The Bertz CT molecular complexity index is 142. The number of rotatable bonds is 6. The van der Waals surface area contributed by atoms with Crippen molar-refractivity contribution in [1.82, 2.24) is 5.32 Å². The number of hydrogen-bond donors (Lipinski definition) is 1. The third-order valence-electron chi connectivity index (χ3n) is 2.38. The van der Waals surface area contributed by atoms with Crippen LogP contribution in [-0.4, -0.2) is 17.3 Å². The van der Waals surface area contributed by atoms with Gasteiger partial charge in [0.1, 0.15) is 0 Å². The van der Waals surface area contributed by atoms with E-state index in [9.17, 15) is 4.79 Å². The zero-order valence-corrected chi connectivity index (χ0v) is 10.4. The van der Waals surface area contributed by atoms with Crippen LogP contribution in [0.3, 0.4) is 0 Å². The highest BCUT2D eigenvalue weighted by atomic mass is 79.9. The monoisotopic (exact) mass is 249 g/mol. The fourth-order valence-corrected chi connectivity index (χ4v) is 1.85. The normalized spacial score (nSPS) is 13.0. The molecular weight excluding hydrogens is 230 g/mol. The maximum atomic E-state index is 11.6. The van der Waals surface area contributed by atoms with E-state index >= 15 is 0 Å². The second-order valence-corrected chi connectivity index (χ2v) is 3.93. The Hall–Kier alpha value is -0.0500. The van der Waals surface area contributed by atoms with Gasteiger partial charge in [0.15, 0.2) is 0 Å². The Morgan fingerprint density at radius 2 is 1.77 bits per heavy atom. The molecule has 0 aliphatic heterocycles. The van der Waals surface area contributed by atoms with Gasteiger partial charge < -0.3 is 5.32 Å². The highest BCUT2D eigenvalue weighted by Gasteiger charge is 2.16. The summed E-state index contributed by atoms with van der Waals surface area (Å²) >= 11 is 3.38. The number of carbonyl (C=O) groups is 1. The van der Waals surface area contributed by atoms with Crippen LogP contribution in [-0.2, 0) is 4.79 Å². The summed E-state index contributed by atoms with van der Waals surface area (Å²) in [6.07, 6.45) is 2.85. The van der Waals surface area contributed by atoms with Crippen molar-refractivity contribution >= 4 is 21.8 Å². The fraction of sp³-hybridized carbons (Fsp3) is 0.900. The van der Waals surface area contributed by atoms with Gasteiger partial charge in [-0.25, -0.2) is 0 Å². The van der Waals surface area contributed by atoms with Crippen molar-refractivity contribution in [3.63, 3.8) is 0 Å². The summed E-state index contributed by atoms with van der Waals surface area (Å²) in [5.74, 6) is 0.393. The van der Waals surface area contributed by atoms with Crippen molar-refractivity contribution in [2.24, 2.45) is 5.92 Å². The molecule has 0 saturated heterocycles. The van der Waals surface area contributed by atoms with Gasteiger partial charge in [0.25, 0.3) is 0 Å². The Kier molecular flexibility index (Phi) is 7.33. The van der Waals surface area contributed by atoms with Crippen LogP contribution < -0.4 is 5.32 Å². The topological polar surface area (TPSA) is 29.1 Å². The molecule has 0 aliphatic carbocycles. The highest BCUT2D eigenvalue weighted by molar-refractivity contribution is 9.09. The summed E-state index contributed by atoms with van der Waals surface area (Å²) < 4.78 is 0. The molecule has 0 heterocycles. The molecule has 0 bridgehead atoms. The van der Waals surface area contributed by atoms with Gasteiger partial charge in [-0.3, -0.25) is 4.79 Å². The van der Waals surface area contributed by atoms with Crippen LogP contribution in [0.1, 0.15) is 40.0 Å². The third-order valence-corrected chi connectivity index (χ3v) is 3.16. The molecule has 1 atom stereocenters. The molecule has 0 saturated carbocycles. The van der Waals surface area contributed by atoms with E-state index in [-0.39, 0.29) is 17.9 Å². The molecule has 2 nitrogen and oxygen atoms in total. The number of halogens is 1. The minimum atomic E-state index is 0.188. The van der Waals surface area contributed by atoms with Gasteiger partial charge in [0, 0.05) is 17.3 Å². The van der Waals surface area contributed by atoms with Crippen molar-refractivity contribution in [3.8, 4) is 0 Å². The summed E-state index contributed by atoms with van der Waals surface area (Å²) in [6.45, 7) is 6.20. The molecule has 1 unspecified atom stereocenters. The Labute approximate surface area is 89.6 Å². The van der Waals surface area contributed by atoms with E-state index < -0.39 is 0 Å². The molecule has 1 N–H and O–H groups in total. The first-order valence-electron chi connectivity index (χ1n) is 5.05. The lowest BCUT2D eigenvalue weighted by molar-refractivity contribution is -0.125. The number of nitrogens with one attached hydrogen (secondary N) is 1. The van der Waals surface area contributed by atoms with Crippen LogP contribution in [0.25, 0.3) is 0 Å². The molecule has 3 heteroatoms. The van der Waals surface area contributed by atoms with Gasteiger partial charge >= 0.3 is 0 Å². The SMILES string of the molecule is CCC(CBr)NC(=O)C(CC)CC. The van der Waals surface area contributed by atoms with Crippen molar-refractivity contribution in [1.29, 1.82) is 0 Å². The Morgan fingerprint density at radius 3 is 2.08 bits per heavy atom. The molecule has 78 valence electrons. The smallest absolute Gasteiger partial charge is 0.223 e. The molecule has 0 aromatic heterocycles. The van der Waals surface area contributed by atoms with Gasteiger partial charge in [-0.15, -0.1) is 0 Å². The maximum Gasteiger partial charge on any atom is 0.223 e. The third kappa shape index (κ3) is 4.65. The summed E-state index contributed by atoms with van der Waals surface area (Å²) in [5.41, 5.74) is 0. The van der Waals surface area contributed by atoms with Gasteiger partial charge in [0.2, 0.25) is 5.91 Å². The average Bonchev–Trinajstić information content (AvgIpc) is 2.16. The van der Waals surface area contributed by atoms with E-state index in [0.29, 0.717) is 0 Å². The Balaban J connectivity index is 3.95. The first-order chi connectivity index (χ1) is 6.19. The molecule has 0 spiro atoms. The van der Waals surface area contributed by atoms with Gasteiger partial charge in [-0.1, -0.05) is 36.7 Å². The summed E-state index contributed by atoms with van der Waals surface area (Å²) in [6, 6.07) is 0.285. The largest absolute Gasteiger partial charge is 0.352 e. The molecule has 0 aromatic carbocycles. The van der Waals surface area contributed by atoms with Crippen LogP contribution >= 0.6 is 15.9 Å². The molecule has 13 heavy (non-hydrogen) atoms. The van der Waals surface area contributed by atoms with Crippen LogP contribution in [0.4, 0.5) is 0 Å².